The molecule has 0 aliphatic carbocycles. The first-order valence-corrected chi connectivity index (χ1v) is 26.0. The van der Waals surface area contributed by atoms with Gasteiger partial charge in [-0.25, -0.2) is 22.1 Å². The van der Waals surface area contributed by atoms with Crippen LogP contribution in [0.5, 0.6) is 0 Å². The first kappa shape index (κ1) is 60.3. The monoisotopic (exact) mass is 1130 g/mol. The van der Waals surface area contributed by atoms with Gasteiger partial charge in [-0.05, 0) is 6.42 Å². The van der Waals surface area contributed by atoms with Gasteiger partial charge in [-0.1, -0.05) is 6.92 Å². The lowest BCUT2D eigenvalue weighted by molar-refractivity contribution is -0.367. The van der Waals surface area contributed by atoms with Gasteiger partial charge in [0.05, 0.1) is 13.2 Å². The molecule has 0 amide bonds. The van der Waals surface area contributed by atoms with E-state index in [-0.39, 0.29) is 13.0 Å². The van der Waals surface area contributed by atoms with Gasteiger partial charge in [-0.3, -0.25) is 22.8 Å². The van der Waals surface area contributed by atoms with Crippen molar-refractivity contribution < 1.29 is 166 Å². The van der Waals surface area contributed by atoms with Crippen LogP contribution in [-0.4, -0.2) is 260 Å². The number of carbonyl (C=O) groups is 2. The summed E-state index contributed by atoms with van der Waals surface area (Å²) >= 11 is 0. The molecule has 38 nitrogen and oxygen atoms in total. The minimum absolute atomic E-state index is 0.133. The van der Waals surface area contributed by atoms with Crippen LogP contribution in [0.3, 0.4) is 0 Å². The van der Waals surface area contributed by atoms with E-state index in [1.165, 1.54) is 16.4 Å². The summed E-state index contributed by atoms with van der Waals surface area (Å²) in [7, 11) is -28.4. The highest BCUT2D eigenvalue weighted by Gasteiger charge is 2.59. The molecule has 15 N–H and O–H groups in total. The number of aliphatic hydroxyl groups is 6. The molecule has 410 valence electrons. The average Bonchev–Trinajstić information content (AvgIpc) is 3.20. The van der Waals surface area contributed by atoms with E-state index in [1.807, 2.05) is 0 Å². The van der Waals surface area contributed by atoms with Crippen molar-refractivity contribution in [2.24, 2.45) is 0 Å². The number of carboxylic acid groups (broad SMARTS) is 2. The van der Waals surface area contributed by atoms with Gasteiger partial charge in [0.1, 0.15) is 73.1 Å². The first-order chi connectivity index (χ1) is 32.0. The zero-order chi connectivity index (χ0) is 53.2. The molecule has 4 saturated heterocycles. The third-order valence-electron chi connectivity index (χ3n) is 9.86. The Kier molecular flexibility index (Phi) is 20.3. The molecule has 4 aliphatic heterocycles. The van der Waals surface area contributed by atoms with Gasteiger partial charge in [0.15, 0.2) is 49.6 Å². The van der Waals surface area contributed by atoms with Crippen LogP contribution in [0.15, 0.2) is 0 Å². The number of aliphatic hydroxyl groups excluding tert-OH is 6. The fourth-order valence-electron chi connectivity index (χ4n) is 7.07. The number of aliphatic carboxylic acids is 2. The van der Waals surface area contributed by atoms with E-state index in [0.29, 0.717) is 0 Å². The van der Waals surface area contributed by atoms with Gasteiger partial charge in [-0.15, -0.1) is 0 Å². The number of rotatable bonds is 23. The highest BCUT2D eigenvalue weighted by atomic mass is 32.3. The van der Waals surface area contributed by atoms with Crippen molar-refractivity contribution in [3.63, 3.8) is 0 Å². The Morgan fingerprint density at radius 1 is 0.514 bits per heavy atom. The van der Waals surface area contributed by atoms with Crippen molar-refractivity contribution in [3.05, 3.63) is 0 Å². The number of carboxylic acids is 2. The Hall–Kier alpha value is -2.27. The Morgan fingerprint density at radius 2 is 0.929 bits per heavy atom. The highest BCUT2D eigenvalue weighted by Crippen LogP contribution is 2.37. The van der Waals surface area contributed by atoms with Crippen LogP contribution in [0, 0.1) is 0 Å². The molecule has 70 heavy (non-hydrogen) atoms. The zero-order valence-corrected chi connectivity index (χ0v) is 38.7. The molecule has 4 heterocycles. The predicted octanol–water partition coefficient (Wildman–Crippen LogP) is -9.85. The van der Waals surface area contributed by atoms with Gasteiger partial charge < -0.3 is 78.7 Å². The molecule has 0 saturated carbocycles. The molecule has 20 atom stereocenters. The maximum Gasteiger partial charge on any atom is 0.397 e. The van der Waals surface area contributed by atoms with Crippen molar-refractivity contribution in [3.8, 4) is 0 Å². The molecule has 0 aromatic carbocycles. The second-order valence-electron chi connectivity index (χ2n) is 14.8. The summed E-state index contributed by atoms with van der Waals surface area (Å²) < 4.78 is 225. The largest absolute Gasteiger partial charge is 0.479 e. The summed E-state index contributed by atoms with van der Waals surface area (Å²) in [6.07, 6.45) is -47.0. The normalized spacial score (nSPS) is 39.3. The first-order valence-electron chi connectivity index (χ1n) is 19.0. The lowest BCUT2D eigenvalue weighted by Crippen LogP contribution is -2.70. The molecule has 43 heteroatoms. The van der Waals surface area contributed by atoms with E-state index in [0.717, 1.165) is 0 Å². The number of ether oxygens (including phenoxy) is 8. The molecule has 0 radical (unpaired) electrons. The summed E-state index contributed by atoms with van der Waals surface area (Å²) in [6, 6.07) is -5.15. The molecule has 0 aromatic rings. The Balaban J connectivity index is 1.80. The van der Waals surface area contributed by atoms with Gasteiger partial charge in [0, 0.05) is 6.61 Å². The predicted molar refractivity (Wildman–Crippen MR) is 205 cm³/mol. The SMILES string of the molecule is CCCOC1OC(C(=O)O)C(OC2OC(COS(=O)(=O)O)C(OC3OC(C(=O)O)C(OC4OC(CO)C(O)C(O)C4NS(=O)(=O)O)C(O)C3OS(=O)(=O)O)C(O)C2NS(=O)(=O)O)C(O)C1OS(=O)(=O)O. The topological polar surface area (TPSA) is 593 Å². The smallest absolute Gasteiger partial charge is 0.397 e. The summed E-state index contributed by atoms with van der Waals surface area (Å²) in [4.78, 5) is 25.0. The van der Waals surface area contributed by atoms with Crippen LogP contribution >= 0.6 is 0 Å². The highest BCUT2D eigenvalue weighted by molar-refractivity contribution is 7.84. The number of hydrogen-bond acceptors (Lipinski definition) is 29. The van der Waals surface area contributed by atoms with Gasteiger partial charge >= 0.3 is 63.7 Å². The molecular formula is C27H46N2O36S5. The molecule has 0 aromatic heterocycles. The van der Waals surface area contributed by atoms with Gasteiger partial charge in [-0.2, -0.15) is 51.5 Å². The Bertz CT molecular complexity index is 2370. The van der Waals surface area contributed by atoms with Crippen LogP contribution in [0.2, 0.25) is 0 Å². The van der Waals surface area contributed by atoms with Crippen LogP contribution in [0.4, 0.5) is 0 Å². The van der Waals surface area contributed by atoms with Crippen molar-refractivity contribution >= 4 is 63.7 Å². The molecule has 0 spiro atoms. The zero-order valence-electron chi connectivity index (χ0n) is 34.6. The molecule has 20 unspecified atom stereocenters. The van der Waals surface area contributed by atoms with Crippen molar-refractivity contribution in [1.29, 1.82) is 0 Å². The van der Waals surface area contributed by atoms with Crippen LogP contribution in [0.25, 0.3) is 0 Å². The fourth-order valence-corrected chi connectivity index (χ4v) is 9.53. The molecule has 4 aliphatic rings. The van der Waals surface area contributed by atoms with Crippen molar-refractivity contribution in [2.75, 3.05) is 19.8 Å². The third-order valence-corrected chi connectivity index (χ3v) is 12.4. The summed E-state index contributed by atoms with van der Waals surface area (Å²) in [6.45, 7) is -1.76. The van der Waals surface area contributed by atoms with E-state index in [2.05, 4.69) is 12.5 Å². The van der Waals surface area contributed by atoms with E-state index in [4.69, 9.17) is 37.9 Å². The maximum absolute atomic E-state index is 12.6. The second kappa shape index (κ2) is 23.5. The van der Waals surface area contributed by atoms with E-state index in [9.17, 15) is 115 Å². The Morgan fingerprint density at radius 3 is 1.33 bits per heavy atom. The lowest BCUT2D eigenvalue weighted by Gasteiger charge is -2.49. The van der Waals surface area contributed by atoms with Crippen molar-refractivity contribution in [1.82, 2.24) is 9.44 Å². The quantitative estimate of drug-likeness (QED) is 0.0423. The van der Waals surface area contributed by atoms with Crippen LogP contribution in [0.1, 0.15) is 13.3 Å². The molecular weight excluding hydrogens is 1090 g/mol. The van der Waals surface area contributed by atoms with Gasteiger partial charge in [0.2, 0.25) is 0 Å². The number of hydrogen-bond donors (Lipinski definition) is 15. The lowest BCUT2D eigenvalue weighted by atomic mass is 9.94. The van der Waals surface area contributed by atoms with E-state index in [1.54, 1.807) is 0 Å². The van der Waals surface area contributed by atoms with Crippen LogP contribution in [-0.2, 0) is 112 Å². The number of nitrogens with one attached hydrogen (secondary N) is 2. The van der Waals surface area contributed by atoms with E-state index < -0.39 is 200 Å². The average molecular weight is 1130 g/mol. The standard InChI is InChI=1S/C27H46N2O36S5/c1-2-3-55-26-18(64-69(49,50)51)13(34)16(20(62-26)22(36)37)61-25-9(29-67(43,44)45)12(33)15(7(58-25)5-56-68(46,47)48)59-27-19(65-70(52,53)54)14(35)17(21(63-27)23(38)39)60-24-8(28-66(40,41)42)11(32)10(31)6(4-30)57-24/h6-21,24-35H,2-5H2,1H3,(H,36,37)(H,38,39)(H,40,41,42)(H,43,44,45)(H,46,47,48)(H,49,50,51)(H,52,53,54). The summed E-state index contributed by atoms with van der Waals surface area (Å²) in [5.74, 6) is -4.36. The van der Waals surface area contributed by atoms with E-state index >= 15 is 0 Å². The summed E-state index contributed by atoms with van der Waals surface area (Å²) in [5.41, 5.74) is 0. The third kappa shape index (κ3) is 16.4. The minimum Gasteiger partial charge on any atom is -0.479 e. The molecule has 0 bridgehead atoms. The second-order valence-corrected chi connectivity index (χ2v) is 20.4. The maximum atomic E-state index is 12.6. The summed E-state index contributed by atoms with van der Waals surface area (Å²) in [5, 5.41) is 85.0. The van der Waals surface area contributed by atoms with Gasteiger partial charge in [0.25, 0.3) is 0 Å². The Labute approximate surface area is 393 Å². The minimum atomic E-state index is -5.96. The van der Waals surface area contributed by atoms with Crippen LogP contribution < -0.4 is 9.44 Å². The fraction of sp³-hybridized carbons (Fsp3) is 0.926. The molecule has 4 rings (SSSR count). The van der Waals surface area contributed by atoms with Crippen molar-refractivity contribution in [2.45, 2.75) is 136 Å². The molecule has 4 fully saturated rings.